The molecule has 0 bridgehead atoms. The Morgan fingerprint density at radius 3 is 2.14 bits per heavy atom. The summed E-state index contributed by atoms with van der Waals surface area (Å²) in [4.78, 5) is 16.3. The Hall–Kier alpha value is -3.06. The lowest BCUT2D eigenvalue weighted by Crippen LogP contribution is -2.28. The number of amides is 1. The first-order valence-corrected chi connectivity index (χ1v) is 8.84. The quantitative estimate of drug-likeness (QED) is 0.462. The minimum atomic E-state index is -0.849. The fourth-order valence-corrected chi connectivity index (χ4v) is 3.40. The molecule has 0 aliphatic rings. The number of carbonyl (C=O) groups excluding carboxylic acids is 1. The zero-order valence-corrected chi connectivity index (χ0v) is 15.2. The highest BCUT2D eigenvalue weighted by Crippen LogP contribution is 2.40. The van der Waals surface area contributed by atoms with E-state index < -0.39 is 11.8 Å². The van der Waals surface area contributed by atoms with Crippen molar-refractivity contribution < 1.29 is 23.2 Å². The van der Waals surface area contributed by atoms with E-state index in [9.17, 15) is 13.6 Å². The number of nitrogens with one attached hydrogen (secondary N) is 1. The van der Waals surface area contributed by atoms with Crippen LogP contribution in [0.5, 0.6) is 0 Å². The highest BCUT2D eigenvalue weighted by molar-refractivity contribution is 5.81. The Kier molecular flexibility index (Phi) is 6.16. The van der Waals surface area contributed by atoms with E-state index in [0.29, 0.717) is 0 Å². The summed E-state index contributed by atoms with van der Waals surface area (Å²) >= 11 is 0. The number of benzene rings is 2. The van der Waals surface area contributed by atoms with Crippen LogP contribution in [-0.2, 0) is 4.79 Å². The van der Waals surface area contributed by atoms with Crippen molar-refractivity contribution in [2.75, 3.05) is 0 Å². The molecule has 0 fully saturated rings. The van der Waals surface area contributed by atoms with Gasteiger partial charge in [0.1, 0.15) is 23.8 Å². The summed E-state index contributed by atoms with van der Waals surface area (Å²) in [6, 6.07) is 12.1. The highest BCUT2D eigenvalue weighted by atomic mass is 19.1. The summed E-state index contributed by atoms with van der Waals surface area (Å²) in [6.07, 6.45) is 3.02. The van der Waals surface area contributed by atoms with E-state index in [0.717, 1.165) is 11.1 Å². The molecule has 0 saturated heterocycles. The lowest BCUT2D eigenvalue weighted by molar-refractivity contribution is -0.131. The normalized spacial score (nSPS) is 14.3. The van der Waals surface area contributed by atoms with Gasteiger partial charge in [-0.1, -0.05) is 31.2 Å². The molecule has 146 valence electrons. The maximum Gasteiger partial charge on any atom is 0.255 e. The number of oxazole rings is 1. The van der Waals surface area contributed by atoms with E-state index in [2.05, 4.69) is 4.98 Å². The maximum atomic E-state index is 13.4. The third-order valence-electron chi connectivity index (χ3n) is 4.96. The van der Waals surface area contributed by atoms with Gasteiger partial charge in [-0.05, 0) is 53.6 Å². The molecule has 0 spiro atoms. The van der Waals surface area contributed by atoms with Crippen LogP contribution in [-0.4, -0.2) is 16.1 Å². The summed E-state index contributed by atoms with van der Waals surface area (Å²) in [5.41, 5.74) is 3.33. The average Bonchev–Trinajstić information content (AvgIpc) is 3.24. The minimum absolute atomic E-state index is 0.130. The largest absolute Gasteiger partial charge is 0.448 e. The van der Waals surface area contributed by atoms with Crippen LogP contribution in [0.25, 0.3) is 0 Å². The Labute approximate surface area is 161 Å². The number of hydroxylamine groups is 1. The zero-order chi connectivity index (χ0) is 20.1. The van der Waals surface area contributed by atoms with E-state index in [1.54, 1.807) is 29.7 Å². The summed E-state index contributed by atoms with van der Waals surface area (Å²) in [7, 11) is 0. The van der Waals surface area contributed by atoms with Gasteiger partial charge in [0.2, 0.25) is 5.89 Å². The molecule has 0 radical (unpaired) electrons. The second-order valence-electron chi connectivity index (χ2n) is 6.63. The molecule has 7 heteroatoms. The number of hydrogen-bond acceptors (Lipinski definition) is 4. The molecule has 3 rings (SSSR count). The smallest absolute Gasteiger partial charge is 0.255 e. The second kappa shape index (κ2) is 8.75. The molecule has 3 atom stereocenters. The van der Waals surface area contributed by atoms with Gasteiger partial charge in [-0.3, -0.25) is 10.0 Å². The first kappa shape index (κ1) is 19.7. The van der Waals surface area contributed by atoms with Crippen LogP contribution >= 0.6 is 0 Å². The predicted molar refractivity (Wildman–Crippen MR) is 97.7 cm³/mol. The van der Waals surface area contributed by atoms with Crippen LogP contribution in [0, 0.1) is 11.6 Å². The second-order valence-corrected chi connectivity index (χ2v) is 6.63. The number of rotatable bonds is 7. The van der Waals surface area contributed by atoms with Crippen molar-refractivity contribution in [3.05, 3.63) is 89.6 Å². The van der Waals surface area contributed by atoms with Crippen LogP contribution in [0.1, 0.15) is 48.1 Å². The molecular formula is C21H20F2N2O3. The van der Waals surface area contributed by atoms with Gasteiger partial charge in [0, 0.05) is 0 Å². The Morgan fingerprint density at radius 1 is 1.07 bits per heavy atom. The van der Waals surface area contributed by atoms with Gasteiger partial charge in [-0.15, -0.1) is 0 Å². The number of halogens is 2. The van der Waals surface area contributed by atoms with E-state index in [1.807, 2.05) is 6.92 Å². The maximum absolute atomic E-state index is 13.4. The zero-order valence-electron chi connectivity index (χ0n) is 15.2. The molecule has 3 unspecified atom stereocenters. The first-order valence-electron chi connectivity index (χ1n) is 8.84. The molecule has 1 amide bonds. The number of hydrogen-bond donors (Lipinski definition) is 2. The summed E-state index contributed by atoms with van der Waals surface area (Å²) in [6.45, 7) is 1.95. The SMILES string of the molecule is CC(c1ccc(F)cc1)C(CC(C(=O)NO)c1ncco1)c1ccc(F)cc1. The van der Waals surface area contributed by atoms with Crippen molar-refractivity contribution >= 4 is 5.91 Å². The Balaban J connectivity index is 1.98. The third-order valence-corrected chi connectivity index (χ3v) is 4.96. The number of carbonyl (C=O) groups is 1. The molecule has 0 aliphatic heterocycles. The topological polar surface area (TPSA) is 75.4 Å². The average molecular weight is 386 g/mol. The van der Waals surface area contributed by atoms with Crippen LogP contribution in [0.2, 0.25) is 0 Å². The molecule has 0 aliphatic carbocycles. The van der Waals surface area contributed by atoms with Gasteiger partial charge >= 0.3 is 0 Å². The van der Waals surface area contributed by atoms with Crippen molar-refractivity contribution in [1.29, 1.82) is 0 Å². The molecule has 1 aromatic heterocycles. The van der Waals surface area contributed by atoms with Crippen LogP contribution in [0.4, 0.5) is 8.78 Å². The van der Waals surface area contributed by atoms with Crippen molar-refractivity contribution in [3.63, 3.8) is 0 Å². The van der Waals surface area contributed by atoms with Crippen LogP contribution in [0.15, 0.2) is 65.4 Å². The molecule has 1 heterocycles. The predicted octanol–water partition coefficient (Wildman–Crippen LogP) is 4.52. The molecule has 28 heavy (non-hydrogen) atoms. The van der Waals surface area contributed by atoms with Crippen molar-refractivity contribution in [2.45, 2.75) is 31.1 Å². The minimum Gasteiger partial charge on any atom is -0.448 e. The molecular weight excluding hydrogens is 366 g/mol. The lowest BCUT2D eigenvalue weighted by Gasteiger charge is -2.27. The van der Waals surface area contributed by atoms with Gasteiger partial charge in [0.15, 0.2) is 0 Å². The van der Waals surface area contributed by atoms with Gasteiger partial charge < -0.3 is 4.42 Å². The molecule has 3 aromatic rings. The Bertz CT molecular complexity index is 896. The fourth-order valence-electron chi connectivity index (χ4n) is 3.40. The standard InChI is InChI=1S/C21H20F2N2O3/c1-13(14-2-6-16(22)7-3-14)18(15-4-8-17(23)9-5-15)12-19(20(26)25-27)21-24-10-11-28-21/h2-11,13,18-19,27H,12H2,1H3,(H,25,26). The van der Waals surface area contributed by atoms with Gasteiger partial charge in [-0.2, -0.15) is 0 Å². The van der Waals surface area contributed by atoms with Crippen molar-refractivity contribution in [1.82, 2.24) is 10.5 Å². The lowest BCUT2D eigenvalue weighted by atomic mass is 9.77. The first-order chi connectivity index (χ1) is 13.5. The molecule has 5 nitrogen and oxygen atoms in total. The van der Waals surface area contributed by atoms with Gasteiger partial charge in [-0.25, -0.2) is 19.2 Å². The third kappa shape index (κ3) is 4.43. The number of nitrogens with zero attached hydrogens (tertiary/aromatic N) is 1. The van der Waals surface area contributed by atoms with Crippen LogP contribution in [0.3, 0.4) is 0 Å². The van der Waals surface area contributed by atoms with Crippen molar-refractivity contribution in [2.24, 2.45) is 0 Å². The monoisotopic (exact) mass is 386 g/mol. The number of aromatic nitrogens is 1. The molecule has 2 aromatic carbocycles. The van der Waals surface area contributed by atoms with E-state index in [-0.39, 0.29) is 35.8 Å². The summed E-state index contributed by atoms with van der Waals surface area (Å²) in [5, 5.41) is 9.15. The van der Waals surface area contributed by atoms with Crippen LogP contribution < -0.4 is 5.48 Å². The highest BCUT2D eigenvalue weighted by Gasteiger charge is 2.32. The fraction of sp³-hybridized carbons (Fsp3) is 0.238. The van der Waals surface area contributed by atoms with Gasteiger partial charge in [0.05, 0.1) is 6.20 Å². The summed E-state index contributed by atoms with van der Waals surface area (Å²) < 4.78 is 32.0. The van der Waals surface area contributed by atoms with E-state index in [1.165, 1.54) is 36.7 Å². The van der Waals surface area contributed by atoms with E-state index >= 15 is 0 Å². The summed E-state index contributed by atoms with van der Waals surface area (Å²) in [5.74, 6) is -2.42. The Morgan fingerprint density at radius 2 is 1.64 bits per heavy atom. The molecule has 0 saturated carbocycles. The van der Waals surface area contributed by atoms with Gasteiger partial charge in [0.25, 0.3) is 5.91 Å². The molecule has 2 N–H and O–H groups in total. The van der Waals surface area contributed by atoms with Crippen molar-refractivity contribution in [3.8, 4) is 0 Å². The van der Waals surface area contributed by atoms with E-state index in [4.69, 9.17) is 9.62 Å².